The van der Waals surface area contributed by atoms with Gasteiger partial charge in [0.05, 0.1) is 25.0 Å². The standard InChI is InChI=1S/C16H15BrClN3O3/c1-23-15-13(18)6-11(7-19-15)20-16(22)21-12-5-9-4-10(17)2-3-14(9)24-8-12/h2-4,6-7,12H,5,8H2,1H3,(H2,20,21,22). The van der Waals surface area contributed by atoms with Gasteiger partial charge in [0.25, 0.3) is 0 Å². The van der Waals surface area contributed by atoms with Gasteiger partial charge in [0.15, 0.2) is 0 Å². The Kier molecular flexibility index (Phi) is 5.11. The minimum absolute atomic E-state index is 0.117. The fourth-order valence-electron chi connectivity index (χ4n) is 2.45. The zero-order chi connectivity index (χ0) is 17.1. The van der Waals surface area contributed by atoms with E-state index in [2.05, 4.69) is 31.5 Å². The summed E-state index contributed by atoms with van der Waals surface area (Å²) in [6, 6.07) is 6.96. The van der Waals surface area contributed by atoms with Crippen LogP contribution < -0.4 is 20.1 Å². The molecule has 24 heavy (non-hydrogen) atoms. The van der Waals surface area contributed by atoms with E-state index in [-0.39, 0.29) is 12.1 Å². The molecule has 0 aliphatic carbocycles. The molecule has 1 aromatic carbocycles. The van der Waals surface area contributed by atoms with Crippen molar-refractivity contribution in [2.75, 3.05) is 19.0 Å². The van der Waals surface area contributed by atoms with Crippen molar-refractivity contribution in [3.05, 3.63) is 45.5 Å². The van der Waals surface area contributed by atoms with Crippen molar-refractivity contribution in [2.24, 2.45) is 0 Å². The Hall–Kier alpha value is -1.99. The van der Waals surface area contributed by atoms with Gasteiger partial charge in [-0.05, 0) is 36.2 Å². The predicted octanol–water partition coefficient (Wildman–Crippen LogP) is 3.63. The molecule has 6 nitrogen and oxygen atoms in total. The summed E-state index contributed by atoms with van der Waals surface area (Å²) in [5.41, 5.74) is 1.54. The first-order valence-corrected chi connectivity index (χ1v) is 8.40. The number of hydrogen-bond acceptors (Lipinski definition) is 4. The summed E-state index contributed by atoms with van der Waals surface area (Å²) < 4.78 is 11.6. The number of carbonyl (C=O) groups excluding carboxylic acids is 1. The normalized spacial score (nSPS) is 15.9. The van der Waals surface area contributed by atoms with Crippen molar-refractivity contribution in [3.8, 4) is 11.6 Å². The molecule has 0 saturated carbocycles. The van der Waals surface area contributed by atoms with Crippen LogP contribution >= 0.6 is 27.5 Å². The molecule has 2 aromatic rings. The van der Waals surface area contributed by atoms with Crippen LogP contribution in [0.3, 0.4) is 0 Å². The Morgan fingerprint density at radius 3 is 3.04 bits per heavy atom. The van der Waals surface area contributed by atoms with Gasteiger partial charge >= 0.3 is 6.03 Å². The van der Waals surface area contributed by atoms with E-state index >= 15 is 0 Å². The number of nitrogens with one attached hydrogen (secondary N) is 2. The third kappa shape index (κ3) is 3.91. The van der Waals surface area contributed by atoms with Crippen molar-refractivity contribution >= 4 is 39.2 Å². The number of pyridine rings is 1. The minimum atomic E-state index is -0.343. The van der Waals surface area contributed by atoms with Crippen LogP contribution in [0.4, 0.5) is 10.5 Å². The average molecular weight is 413 g/mol. The second-order valence-corrected chi connectivity index (χ2v) is 6.60. The van der Waals surface area contributed by atoms with Gasteiger partial charge < -0.3 is 20.1 Å². The second-order valence-electron chi connectivity index (χ2n) is 5.28. The van der Waals surface area contributed by atoms with Crippen LogP contribution in [0, 0.1) is 0 Å². The lowest BCUT2D eigenvalue weighted by Crippen LogP contribution is -2.44. The minimum Gasteiger partial charge on any atom is -0.491 e. The van der Waals surface area contributed by atoms with Crippen LogP contribution in [0.2, 0.25) is 5.02 Å². The Morgan fingerprint density at radius 1 is 1.46 bits per heavy atom. The maximum atomic E-state index is 12.1. The van der Waals surface area contributed by atoms with Crippen LogP contribution in [0.15, 0.2) is 34.9 Å². The molecule has 1 aliphatic rings. The molecule has 0 radical (unpaired) electrons. The number of halogens is 2. The summed E-state index contributed by atoms with van der Waals surface area (Å²) in [6.45, 7) is 0.420. The highest BCUT2D eigenvalue weighted by atomic mass is 79.9. The van der Waals surface area contributed by atoms with Crippen LogP contribution in [0.1, 0.15) is 5.56 Å². The molecule has 126 valence electrons. The molecule has 0 saturated heterocycles. The molecule has 8 heteroatoms. The number of urea groups is 1. The highest BCUT2D eigenvalue weighted by molar-refractivity contribution is 9.10. The van der Waals surface area contributed by atoms with Crippen LogP contribution in [-0.4, -0.2) is 30.8 Å². The van der Waals surface area contributed by atoms with Crippen LogP contribution in [-0.2, 0) is 6.42 Å². The number of aromatic nitrogens is 1. The Morgan fingerprint density at radius 2 is 2.29 bits per heavy atom. The Labute approximate surface area is 152 Å². The van der Waals surface area contributed by atoms with Crippen molar-refractivity contribution in [2.45, 2.75) is 12.5 Å². The number of anilines is 1. The molecular formula is C16H15BrClN3O3. The fourth-order valence-corrected chi connectivity index (χ4v) is 3.10. The number of benzene rings is 1. The van der Waals surface area contributed by atoms with Gasteiger partial charge in [0.2, 0.25) is 5.88 Å². The lowest BCUT2D eigenvalue weighted by molar-refractivity contribution is 0.222. The van der Waals surface area contributed by atoms with Gasteiger partial charge in [-0.25, -0.2) is 9.78 Å². The summed E-state index contributed by atoms with van der Waals surface area (Å²) in [7, 11) is 1.48. The molecule has 1 aliphatic heterocycles. The van der Waals surface area contributed by atoms with Crippen molar-refractivity contribution in [1.82, 2.24) is 10.3 Å². The van der Waals surface area contributed by atoms with Crippen molar-refractivity contribution < 1.29 is 14.3 Å². The number of nitrogens with zero attached hydrogens (tertiary/aromatic N) is 1. The number of amides is 2. The highest BCUT2D eigenvalue weighted by Gasteiger charge is 2.21. The first-order chi connectivity index (χ1) is 11.5. The molecule has 1 aromatic heterocycles. The number of ether oxygens (including phenoxy) is 2. The molecule has 0 bridgehead atoms. The molecule has 2 N–H and O–H groups in total. The van der Waals surface area contributed by atoms with Crippen molar-refractivity contribution in [1.29, 1.82) is 0 Å². The van der Waals surface area contributed by atoms with Gasteiger partial charge in [-0.2, -0.15) is 0 Å². The molecule has 0 spiro atoms. The van der Waals surface area contributed by atoms with E-state index in [0.29, 0.717) is 29.6 Å². The maximum Gasteiger partial charge on any atom is 0.319 e. The van der Waals surface area contributed by atoms with Gasteiger partial charge in [-0.3, -0.25) is 0 Å². The Balaban J connectivity index is 1.60. The summed E-state index contributed by atoms with van der Waals surface area (Å²) in [5.74, 6) is 1.16. The van der Waals surface area contributed by atoms with Crippen LogP contribution in [0.25, 0.3) is 0 Å². The molecule has 1 unspecified atom stereocenters. The lowest BCUT2D eigenvalue weighted by atomic mass is 10.0. The number of methoxy groups -OCH3 is 1. The van der Waals surface area contributed by atoms with E-state index in [1.54, 1.807) is 6.07 Å². The van der Waals surface area contributed by atoms with Gasteiger partial charge in [0.1, 0.15) is 17.4 Å². The molecule has 1 atom stereocenters. The second kappa shape index (κ2) is 7.27. The number of carbonyl (C=O) groups is 1. The van der Waals surface area contributed by atoms with Gasteiger partial charge in [-0.15, -0.1) is 0 Å². The third-order valence-electron chi connectivity index (χ3n) is 3.52. The summed E-state index contributed by atoms with van der Waals surface area (Å²) >= 11 is 9.43. The number of fused-ring (bicyclic) bond motifs is 1. The molecule has 0 fully saturated rings. The van der Waals surface area contributed by atoms with Gasteiger partial charge in [0, 0.05) is 4.47 Å². The summed E-state index contributed by atoms with van der Waals surface area (Å²) in [4.78, 5) is 16.1. The molecule has 2 heterocycles. The zero-order valence-electron chi connectivity index (χ0n) is 12.8. The van der Waals surface area contributed by atoms with E-state index in [9.17, 15) is 4.79 Å². The lowest BCUT2D eigenvalue weighted by Gasteiger charge is -2.26. The molecule has 3 rings (SSSR count). The quantitative estimate of drug-likeness (QED) is 0.807. The van der Waals surface area contributed by atoms with E-state index < -0.39 is 0 Å². The van der Waals surface area contributed by atoms with Crippen LogP contribution in [0.5, 0.6) is 11.6 Å². The van der Waals surface area contributed by atoms with E-state index in [1.807, 2.05) is 18.2 Å². The van der Waals surface area contributed by atoms with E-state index in [0.717, 1.165) is 15.8 Å². The smallest absolute Gasteiger partial charge is 0.319 e. The monoisotopic (exact) mass is 411 g/mol. The summed E-state index contributed by atoms with van der Waals surface area (Å²) in [5, 5.41) is 5.91. The largest absolute Gasteiger partial charge is 0.491 e. The molecular weight excluding hydrogens is 398 g/mol. The van der Waals surface area contributed by atoms with Crippen molar-refractivity contribution in [3.63, 3.8) is 0 Å². The van der Waals surface area contributed by atoms with E-state index in [4.69, 9.17) is 21.1 Å². The Bertz CT molecular complexity index is 772. The predicted molar refractivity (Wildman–Crippen MR) is 95.1 cm³/mol. The SMILES string of the molecule is COc1ncc(NC(=O)NC2COc3ccc(Br)cc3C2)cc1Cl. The van der Waals surface area contributed by atoms with E-state index in [1.165, 1.54) is 13.3 Å². The number of rotatable bonds is 3. The van der Waals surface area contributed by atoms with Gasteiger partial charge in [-0.1, -0.05) is 27.5 Å². The zero-order valence-corrected chi connectivity index (χ0v) is 15.1. The summed E-state index contributed by atoms with van der Waals surface area (Å²) in [6.07, 6.45) is 2.18. The maximum absolute atomic E-state index is 12.1. The molecule has 2 amide bonds. The fraction of sp³-hybridized carbons (Fsp3) is 0.250. The highest BCUT2D eigenvalue weighted by Crippen LogP contribution is 2.28. The average Bonchev–Trinajstić information content (AvgIpc) is 2.54. The first kappa shape index (κ1) is 16.9. The third-order valence-corrected chi connectivity index (χ3v) is 4.29. The topological polar surface area (TPSA) is 72.5 Å². The number of hydrogen-bond donors (Lipinski definition) is 2. The first-order valence-electron chi connectivity index (χ1n) is 7.23.